The Morgan fingerprint density at radius 3 is 2.16 bits per heavy atom. The Labute approximate surface area is 121 Å². The van der Waals surface area contributed by atoms with Crippen molar-refractivity contribution in [1.82, 2.24) is 4.90 Å². The van der Waals surface area contributed by atoms with Crippen molar-refractivity contribution in [2.24, 2.45) is 0 Å². The normalized spacial score (nSPS) is 26.8. The maximum absolute atomic E-state index is 11.5. The Morgan fingerprint density at radius 1 is 1.21 bits per heavy atom. The molecule has 0 unspecified atom stereocenters. The fraction of sp³-hybridized carbons (Fsp3) is 0.533. The lowest BCUT2D eigenvalue weighted by Crippen LogP contribution is -2.53. The molecule has 1 saturated carbocycles. The van der Waals surface area contributed by atoms with Gasteiger partial charge in [0.2, 0.25) is 0 Å². The molecule has 0 aromatic heterocycles. The van der Waals surface area contributed by atoms with Crippen LogP contribution < -0.4 is 0 Å². The number of rotatable bonds is 3. The number of likely N-dealkylation sites (N-methyl/N-ethyl adjacent to an activating group) is 1. The summed E-state index contributed by atoms with van der Waals surface area (Å²) in [4.78, 5) is 13.4. The smallest absolute Gasteiger partial charge is 0.324 e. The molecule has 4 heteroatoms. The molecule has 0 radical (unpaired) electrons. The van der Waals surface area contributed by atoms with Crippen LogP contribution in [0, 0.1) is 0 Å². The van der Waals surface area contributed by atoms with E-state index in [2.05, 4.69) is 24.3 Å². The van der Waals surface area contributed by atoms with Crippen molar-refractivity contribution in [3.63, 3.8) is 0 Å². The fourth-order valence-electron chi connectivity index (χ4n) is 3.01. The van der Waals surface area contributed by atoms with E-state index in [1.165, 1.54) is 5.56 Å². The Balaban J connectivity index is 0.00000180. The van der Waals surface area contributed by atoms with Gasteiger partial charge in [0.15, 0.2) is 0 Å². The molecule has 1 aliphatic carbocycles. The minimum absolute atomic E-state index is 0. The van der Waals surface area contributed by atoms with E-state index in [0.717, 1.165) is 25.7 Å². The Hall–Kier alpha value is -1.06. The lowest BCUT2D eigenvalue weighted by molar-refractivity contribution is -0.152. The third-order valence-electron chi connectivity index (χ3n) is 4.34. The average molecular weight is 284 g/mol. The first-order chi connectivity index (χ1) is 8.56. The molecule has 0 amide bonds. The van der Waals surface area contributed by atoms with Crippen molar-refractivity contribution >= 4 is 18.4 Å². The van der Waals surface area contributed by atoms with Gasteiger partial charge < -0.3 is 5.11 Å². The van der Waals surface area contributed by atoms with Crippen LogP contribution in [0.2, 0.25) is 0 Å². The van der Waals surface area contributed by atoms with Crippen molar-refractivity contribution in [3.05, 3.63) is 35.9 Å². The number of halogens is 1. The van der Waals surface area contributed by atoms with E-state index in [-0.39, 0.29) is 12.4 Å². The summed E-state index contributed by atoms with van der Waals surface area (Å²) < 4.78 is 0. The third kappa shape index (κ3) is 3.10. The summed E-state index contributed by atoms with van der Waals surface area (Å²) in [6.45, 7) is 0. The predicted molar refractivity (Wildman–Crippen MR) is 79.0 cm³/mol. The molecule has 0 bridgehead atoms. The zero-order valence-electron chi connectivity index (χ0n) is 11.5. The van der Waals surface area contributed by atoms with Crippen LogP contribution in [-0.2, 0) is 4.79 Å². The van der Waals surface area contributed by atoms with Crippen LogP contribution in [0.1, 0.15) is 37.2 Å². The Morgan fingerprint density at radius 2 is 1.74 bits per heavy atom. The van der Waals surface area contributed by atoms with Crippen LogP contribution in [0.5, 0.6) is 0 Å². The van der Waals surface area contributed by atoms with Crippen molar-refractivity contribution in [1.29, 1.82) is 0 Å². The quantitative estimate of drug-likeness (QED) is 0.926. The highest BCUT2D eigenvalue weighted by molar-refractivity contribution is 5.85. The Bertz CT molecular complexity index is 411. The van der Waals surface area contributed by atoms with Gasteiger partial charge in [0, 0.05) is 0 Å². The van der Waals surface area contributed by atoms with E-state index in [0.29, 0.717) is 5.92 Å². The molecular weight excluding hydrogens is 262 g/mol. The number of carbonyl (C=O) groups is 1. The SMILES string of the molecule is CN(C)C1(C(=O)O)CCC(c2ccccc2)CC1.Cl. The zero-order valence-corrected chi connectivity index (χ0v) is 12.3. The number of benzene rings is 1. The van der Waals surface area contributed by atoms with Gasteiger partial charge in [0.05, 0.1) is 0 Å². The first-order valence-electron chi connectivity index (χ1n) is 6.52. The summed E-state index contributed by atoms with van der Waals surface area (Å²) in [5, 5.41) is 9.47. The van der Waals surface area contributed by atoms with Gasteiger partial charge in [-0.15, -0.1) is 12.4 Å². The van der Waals surface area contributed by atoms with Gasteiger partial charge >= 0.3 is 5.97 Å². The van der Waals surface area contributed by atoms with E-state index >= 15 is 0 Å². The Kier molecular flexibility index (Phi) is 5.39. The largest absolute Gasteiger partial charge is 0.480 e. The third-order valence-corrected chi connectivity index (χ3v) is 4.34. The van der Waals surface area contributed by atoms with Crippen molar-refractivity contribution in [3.8, 4) is 0 Å². The van der Waals surface area contributed by atoms with E-state index in [4.69, 9.17) is 0 Å². The molecule has 106 valence electrons. The number of carboxylic acid groups (broad SMARTS) is 1. The molecule has 19 heavy (non-hydrogen) atoms. The highest BCUT2D eigenvalue weighted by Gasteiger charge is 2.43. The fourth-order valence-corrected chi connectivity index (χ4v) is 3.01. The minimum atomic E-state index is -0.681. The van der Waals surface area contributed by atoms with Crippen LogP contribution in [0.25, 0.3) is 0 Å². The summed E-state index contributed by atoms with van der Waals surface area (Å²) in [5.41, 5.74) is 0.681. The number of hydrogen-bond donors (Lipinski definition) is 1. The van der Waals surface area contributed by atoms with E-state index in [9.17, 15) is 9.90 Å². The predicted octanol–water partition coefficient (Wildman–Crippen LogP) is 3.15. The number of nitrogens with zero attached hydrogens (tertiary/aromatic N) is 1. The molecule has 0 atom stereocenters. The molecule has 0 aliphatic heterocycles. The lowest BCUT2D eigenvalue weighted by atomic mass is 9.73. The van der Waals surface area contributed by atoms with Crippen molar-refractivity contribution in [2.45, 2.75) is 37.1 Å². The van der Waals surface area contributed by atoms with Gasteiger partial charge in [-0.25, -0.2) is 0 Å². The molecule has 1 fully saturated rings. The van der Waals surface area contributed by atoms with Gasteiger partial charge in [0.25, 0.3) is 0 Å². The number of carboxylic acids is 1. The summed E-state index contributed by atoms with van der Waals surface area (Å²) >= 11 is 0. The van der Waals surface area contributed by atoms with Crippen LogP contribution in [-0.4, -0.2) is 35.6 Å². The van der Waals surface area contributed by atoms with Crippen molar-refractivity contribution in [2.75, 3.05) is 14.1 Å². The molecule has 2 rings (SSSR count). The number of hydrogen-bond acceptors (Lipinski definition) is 2. The number of aliphatic carboxylic acids is 1. The molecule has 0 saturated heterocycles. The van der Waals surface area contributed by atoms with Gasteiger partial charge in [-0.1, -0.05) is 30.3 Å². The second kappa shape index (κ2) is 6.40. The van der Waals surface area contributed by atoms with Gasteiger partial charge in [-0.2, -0.15) is 0 Å². The van der Waals surface area contributed by atoms with E-state index in [1.807, 2.05) is 25.1 Å². The lowest BCUT2D eigenvalue weighted by Gasteiger charge is -2.41. The van der Waals surface area contributed by atoms with Crippen LogP contribution >= 0.6 is 12.4 Å². The standard InChI is InChI=1S/C15H21NO2.ClH/c1-16(2)15(14(17)18)10-8-13(9-11-15)12-6-4-3-5-7-12;/h3-7,13H,8-11H2,1-2H3,(H,17,18);1H. The molecule has 0 spiro atoms. The van der Waals surface area contributed by atoms with Gasteiger partial charge in [0.1, 0.15) is 5.54 Å². The van der Waals surface area contributed by atoms with E-state index in [1.54, 1.807) is 0 Å². The second-order valence-corrected chi connectivity index (χ2v) is 5.42. The highest BCUT2D eigenvalue weighted by Crippen LogP contribution is 2.40. The minimum Gasteiger partial charge on any atom is -0.480 e. The maximum atomic E-state index is 11.5. The zero-order chi connectivity index (χ0) is 13.2. The van der Waals surface area contributed by atoms with Crippen LogP contribution in [0.3, 0.4) is 0 Å². The first kappa shape index (κ1) is 16.0. The van der Waals surface area contributed by atoms with Crippen molar-refractivity contribution < 1.29 is 9.90 Å². The molecule has 0 heterocycles. The summed E-state index contributed by atoms with van der Waals surface area (Å²) in [7, 11) is 3.74. The first-order valence-corrected chi connectivity index (χ1v) is 6.52. The molecule has 1 aromatic rings. The maximum Gasteiger partial charge on any atom is 0.324 e. The summed E-state index contributed by atoms with van der Waals surface area (Å²) in [6, 6.07) is 10.4. The van der Waals surface area contributed by atoms with Gasteiger partial charge in [-0.3, -0.25) is 9.69 Å². The second-order valence-electron chi connectivity index (χ2n) is 5.42. The topological polar surface area (TPSA) is 40.5 Å². The van der Waals surface area contributed by atoms with Crippen LogP contribution in [0.4, 0.5) is 0 Å². The molecule has 1 aromatic carbocycles. The highest BCUT2D eigenvalue weighted by atomic mass is 35.5. The average Bonchev–Trinajstić information content (AvgIpc) is 2.39. The molecule has 3 nitrogen and oxygen atoms in total. The van der Waals surface area contributed by atoms with E-state index < -0.39 is 11.5 Å². The molecule has 1 N–H and O–H groups in total. The van der Waals surface area contributed by atoms with Gasteiger partial charge in [-0.05, 0) is 51.3 Å². The molecule has 1 aliphatic rings. The van der Waals surface area contributed by atoms with Crippen LogP contribution in [0.15, 0.2) is 30.3 Å². The summed E-state index contributed by atoms with van der Waals surface area (Å²) in [5.74, 6) is -0.169. The molecular formula is C15H22ClNO2. The monoisotopic (exact) mass is 283 g/mol. The summed E-state index contributed by atoms with van der Waals surface area (Å²) in [6.07, 6.45) is 3.37.